The van der Waals surface area contributed by atoms with Crippen molar-refractivity contribution in [2.75, 3.05) is 13.6 Å². The Morgan fingerprint density at radius 3 is 2.67 bits per heavy atom. The molecule has 3 heteroatoms. The van der Waals surface area contributed by atoms with Crippen LogP contribution in [0, 0.1) is 11.8 Å². The number of carbonyl (C=O) groups is 1. The first-order valence-electron chi connectivity index (χ1n) is 8.97. The van der Waals surface area contributed by atoms with E-state index in [0.29, 0.717) is 11.8 Å². The second-order valence-electron chi connectivity index (χ2n) is 7.47. The van der Waals surface area contributed by atoms with Gasteiger partial charge in [-0.3, -0.25) is 4.79 Å². The molecule has 3 nitrogen and oxygen atoms in total. The standard InChI is InChI=1S/C21H28N2O/c1-14(2)20(22)11-12-23(3)21(24)19-13-18(19)17-10-6-8-15-7-4-5-9-16(15)17/h4-10,14,18-20H,11-13,22H2,1-3H3. The third kappa shape index (κ3) is 3.46. The zero-order valence-electron chi connectivity index (χ0n) is 14.9. The lowest BCUT2D eigenvalue weighted by Crippen LogP contribution is -2.35. The molecule has 2 N–H and O–H groups in total. The Morgan fingerprint density at radius 2 is 1.92 bits per heavy atom. The smallest absolute Gasteiger partial charge is 0.226 e. The molecule has 0 spiro atoms. The van der Waals surface area contributed by atoms with Gasteiger partial charge in [-0.25, -0.2) is 0 Å². The summed E-state index contributed by atoms with van der Waals surface area (Å²) in [4.78, 5) is 14.6. The highest BCUT2D eigenvalue weighted by molar-refractivity contribution is 5.89. The van der Waals surface area contributed by atoms with E-state index in [1.54, 1.807) is 0 Å². The van der Waals surface area contributed by atoms with Crippen LogP contribution in [0.5, 0.6) is 0 Å². The lowest BCUT2D eigenvalue weighted by molar-refractivity contribution is -0.131. The van der Waals surface area contributed by atoms with E-state index in [-0.39, 0.29) is 17.9 Å². The minimum absolute atomic E-state index is 0.135. The van der Waals surface area contributed by atoms with Crippen LogP contribution in [-0.2, 0) is 4.79 Å². The highest BCUT2D eigenvalue weighted by Gasteiger charge is 2.45. The molecular formula is C21H28N2O. The van der Waals surface area contributed by atoms with E-state index >= 15 is 0 Å². The van der Waals surface area contributed by atoms with E-state index in [2.05, 4.69) is 56.3 Å². The van der Waals surface area contributed by atoms with E-state index in [1.165, 1.54) is 16.3 Å². The number of nitrogens with zero attached hydrogens (tertiary/aromatic N) is 1. The summed E-state index contributed by atoms with van der Waals surface area (Å²) in [5.74, 6) is 1.22. The maximum absolute atomic E-state index is 12.7. The molecule has 0 aliphatic heterocycles. The van der Waals surface area contributed by atoms with Crippen LogP contribution < -0.4 is 5.73 Å². The molecule has 3 unspecified atom stereocenters. The molecular weight excluding hydrogens is 296 g/mol. The summed E-state index contributed by atoms with van der Waals surface area (Å²) in [7, 11) is 1.91. The summed E-state index contributed by atoms with van der Waals surface area (Å²) in [5, 5.41) is 2.54. The lowest BCUT2D eigenvalue weighted by Gasteiger charge is -2.21. The van der Waals surface area contributed by atoms with Gasteiger partial charge in [0.25, 0.3) is 0 Å². The predicted molar refractivity (Wildman–Crippen MR) is 99.9 cm³/mol. The molecule has 24 heavy (non-hydrogen) atoms. The first kappa shape index (κ1) is 17.0. The first-order valence-corrected chi connectivity index (χ1v) is 8.97. The van der Waals surface area contributed by atoms with E-state index < -0.39 is 0 Å². The maximum atomic E-state index is 12.7. The van der Waals surface area contributed by atoms with Crippen molar-refractivity contribution in [1.82, 2.24) is 4.90 Å². The van der Waals surface area contributed by atoms with Crippen molar-refractivity contribution >= 4 is 16.7 Å². The van der Waals surface area contributed by atoms with Crippen LogP contribution in [0.25, 0.3) is 10.8 Å². The number of hydrogen-bond donors (Lipinski definition) is 1. The Kier molecular flexibility index (Phi) is 4.91. The second kappa shape index (κ2) is 6.94. The fraction of sp³-hybridized carbons (Fsp3) is 0.476. The molecule has 0 bridgehead atoms. The van der Waals surface area contributed by atoms with Crippen LogP contribution in [0.4, 0.5) is 0 Å². The van der Waals surface area contributed by atoms with Gasteiger partial charge in [-0.2, -0.15) is 0 Å². The molecule has 0 saturated heterocycles. The van der Waals surface area contributed by atoms with E-state index in [0.717, 1.165) is 19.4 Å². The van der Waals surface area contributed by atoms with Crippen LogP contribution in [0.2, 0.25) is 0 Å². The quantitative estimate of drug-likeness (QED) is 0.879. The third-order valence-corrected chi connectivity index (χ3v) is 5.36. The normalized spacial score (nSPS) is 21.0. The fourth-order valence-electron chi connectivity index (χ4n) is 3.45. The zero-order valence-corrected chi connectivity index (χ0v) is 14.9. The van der Waals surface area contributed by atoms with Crippen molar-refractivity contribution in [3.63, 3.8) is 0 Å². The molecule has 0 radical (unpaired) electrons. The minimum atomic E-state index is 0.135. The zero-order chi connectivity index (χ0) is 17.3. The van der Waals surface area contributed by atoms with Gasteiger partial charge in [0.2, 0.25) is 5.91 Å². The fourth-order valence-corrected chi connectivity index (χ4v) is 3.45. The minimum Gasteiger partial charge on any atom is -0.345 e. The third-order valence-electron chi connectivity index (χ3n) is 5.36. The van der Waals surface area contributed by atoms with E-state index in [1.807, 2.05) is 11.9 Å². The summed E-state index contributed by atoms with van der Waals surface area (Å²) < 4.78 is 0. The van der Waals surface area contributed by atoms with Crippen molar-refractivity contribution in [2.24, 2.45) is 17.6 Å². The lowest BCUT2D eigenvalue weighted by atomic mass is 10.00. The van der Waals surface area contributed by atoms with Crippen molar-refractivity contribution in [1.29, 1.82) is 0 Å². The van der Waals surface area contributed by atoms with Gasteiger partial charge in [-0.1, -0.05) is 56.3 Å². The van der Waals surface area contributed by atoms with Crippen molar-refractivity contribution in [2.45, 2.75) is 38.6 Å². The molecule has 1 fully saturated rings. The van der Waals surface area contributed by atoms with Gasteiger partial charge >= 0.3 is 0 Å². The Morgan fingerprint density at radius 1 is 1.21 bits per heavy atom. The SMILES string of the molecule is CC(C)C(N)CCN(C)C(=O)C1CC1c1cccc2ccccc12. The first-order chi connectivity index (χ1) is 11.5. The van der Waals surface area contributed by atoms with Gasteiger partial charge in [0.05, 0.1) is 0 Å². The molecule has 3 atom stereocenters. The number of carbonyl (C=O) groups excluding carboxylic acids is 1. The van der Waals surface area contributed by atoms with Gasteiger partial charge in [-0.05, 0) is 41.0 Å². The molecule has 3 rings (SSSR count). The topological polar surface area (TPSA) is 46.3 Å². The van der Waals surface area contributed by atoms with Crippen LogP contribution >= 0.6 is 0 Å². The largest absolute Gasteiger partial charge is 0.345 e. The monoisotopic (exact) mass is 324 g/mol. The summed E-state index contributed by atoms with van der Waals surface area (Å²) >= 11 is 0. The van der Waals surface area contributed by atoms with Gasteiger partial charge in [0, 0.05) is 25.6 Å². The molecule has 1 aliphatic carbocycles. The molecule has 2 aromatic rings. The van der Waals surface area contributed by atoms with E-state index in [9.17, 15) is 4.79 Å². The Balaban J connectivity index is 1.65. The van der Waals surface area contributed by atoms with Crippen LogP contribution in [0.15, 0.2) is 42.5 Å². The Bertz CT molecular complexity index is 719. The average Bonchev–Trinajstić information content (AvgIpc) is 3.38. The summed E-state index contributed by atoms with van der Waals surface area (Å²) in [5.41, 5.74) is 7.42. The summed E-state index contributed by atoms with van der Waals surface area (Å²) in [6.07, 6.45) is 1.83. The van der Waals surface area contributed by atoms with Gasteiger partial charge in [-0.15, -0.1) is 0 Å². The second-order valence-corrected chi connectivity index (χ2v) is 7.47. The number of rotatable bonds is 6. The predicted octanol–water partition coefficient (Wildman–Crippen LogP) is 3.78. The summed E-state index contributed by atoms with van der Waals surface area (Å²) in [6, 6.07) is 15.0. The number of fused-ring (bicyclic) bond motifs is 1. The molecule has 1 saturated carbocycles. The van der Waals surface area contributed by atoms with Gasteiger partial charge in [0.1, 0.15) is 0 Å². The van der Waals surface area contributed by atoms with Crippen LogP contribution in [0.1, 0.15) is 38.2 Å². The Labute approximate surface area is 144 Å². The van der Waals surface area contributed by atoms with Crippen molar-refractivity contribution in [3.05, 3.63) is 48.0 Å². The maximum Gasteiger partial charge on any atom is 0.226 e. The molecule has 128 valence electrons. The Hall–Kier alpha value is -1.87. The average molecular weight is 324 g/mol. The highest BCUT2D eigenvalue weighted by Crippen LogP contribution is 2.50. The number of benzene rings is 2. The van der Waals surface area contributed by atoms with Gasteiger partial charge < -0.3 is 10.6 Å². The number of hydrogen-bond acceptors (Lipinski definition) is 2. The molecule has 0 aromatic heterocycles. The molecule has 1 aliphatic rings. The number of amides is 1. The number of nitrogens with two attached hydrogens (primary N) is 1. The van der Waals surface area contributed by atoms with Crippen molar-refractivity contribution < 1.29 is 4.79 Å². The van der Waals surface area contributed by atoms with Gasteiger partial charge in [0.15, 0.2) is 0 Å². The molecule has 1 amide bonds. The highest BCUT2D eigenvalue weighted by atomic mass is 16.2. The van der Waals surface area contributed by atoms with Crippen LogP contribution in [0.3, 0.4) is 0 Å². The van der Waals surface area contributed by atoms with Crippen LogP contribution in [-0.4, -0.2) is 30.4 Å². The van der Waals surface area contributed by atoms with Crippen molar-refractivity contribution in [3.8, 4) is 0 Å². The van der Waals surface area contributed by atoms with E-state index in [4.69, 9.17) is 5.73 Å². The molecule has 2 aromatic carbocycles. The molecule has 0 heterocycles. The summed E-state index contributed by atoms with van der Waals surface area (Å²) in [6.45, 7) is 5.00.